The minimum Gasteiger partial charge on any atom is -0.378 e. The molecule has 3 aliphatic rings. The number of ether oxygens (including phenoxy) is 1. The second-order valence-electron chi connectivity index (χ2n) is 7.18. The van der Waals surface area contributed by atoms with Gasteiger partial charge in [-0.15, -0.1) is 11.8 Å². The zero-order valence-electron chi connectivity index (χ0n) is 14.6. The second-order valence-corrected chi connectivity index (χ2v) is 8.17. The van der Waals surface area contributed by atoms with Gasteiger partial charge in [-0.1, -0.05) is 19.3 Å². The van der Waals surface area contributed by atoms with Crippen molar-refractivity contribution in [1.29, 1.82) is 0 Å². The Morgan fingerprint density at radius 1 is 0.875 bits per heavy atom. The maximum Gasteiger partial charge on any atom is 0.232 e. The summed E-state index contributed by atoms with van der Waals surface area (Å²) < 4.78 is 5.27. The lowest BCUT2D eigenvalue weighted by Crippen LogP contribution is -2.43. The number of morpholine rings is 1. The van der Waals surface area contributed by atoms with Gasteiger partial charge >= 0.3 is 0 Å². The topological polar surface area (TPSA) is 49.9 Å². The van der Waals surface area contributed by atoms with Crippen molar-refractivity contribution in [3.63, 3.8) is 0 Å². The first kappa shape index (κ1) is 18.1. The van der Waals surface area contributed by atoms with Gasteiger partial charge in [0.15, 0.2) is 0 Å². The molecule has 0 spiro atoms. The Morgan fingerprint density at radius 2 is 1.58 bits per heavy atom. The second kappa shape index (κ2) is 9.09. The van der Waals surface area contributed by atoms with Crippen molar-refractivity contribution in [1.82, 2.24) is 9.80 Å². The zero-order valence-corrected chi connectivity index (χ0v) is 15.4. The molecule has 2 heterocycles. The highest BCUT2D eigenvalue weighted by Gasteiger charge is 2.34. The van der Waals surface area contributed by atoms with E-state index in [1.54, 1.807) is 0 Å². The minimum absolute atomic E-state index is 0.140. The summed E-state index contributed by atoms with van der Waals surface area (Å²) in [6, 6.07) is 0.466. The third-order valence-electron chi connectivity index (χ3n) is 5.63. The smallest absolute Gasteiger partial charge is 0.232 e. The van der Waals surface area contributed by atoms with Gasteiger partial charge in [0.25, 0.3) is 0 Å². The van der Waals surface area contributed by atoms with Crippen LogP contribution in [0.15, 0.2) is 0 Å². The molecule has 5 nitrogen and oxygen atoms in total. The fourth-order valence-electron chi connectivity index (χ4n) is 4.32. The predicted molar refractivity (Wildman–Crippen MR) is 96.0 cm³/mol. The number of amides is 2. The summed E-state index contributed by atoms with van der Waals surface area (Å²) in [5, 5.41) is 0. The van der Waals surface area contributed by atoms with Crippen LogP contribution in [0.25, 0.3) is 0 Å². The molecule has 2 aliphatic heterocycles. The van der Waals surface area contributed by atoms with E-state index in [0.29, 0.717) is 49.8 Å². The SMILES string of the molecule is O=C(CSCC(=O)N1CCCC1C1CCCCC1)N1CCOCC1. The Balaban J connectivity index is 1.41. The molecular formula is C18H30N2O3S. The maximum absolute atomic E-state index is 12.6. The fourth-order valence-corrected chi connectivity index (χ4v) is 5.12. The molecule has 0 aromatic carbocycles. The summed E-state index contributed by atoms with van der Waals surface area (Å²) in [6.45, 7) is 3.54. The van der Waals surface area contributed by atoms with Crippen molar-refractivity contribution in [2.45, 2.75) is 51.0 Å². The average molecular weight is 355 g/mol. The van der Waals surface area contributed by atoms with Gasteiger partial charge in [-0.2, -0.15) is 0 Å². The molecule has 3 fully saturated rings. The van der Waals surface area contributed by atoms with Crippen LogP contribution in [0, 0.1) is 5.92 Å². The predicted octanol–water partition coefficient (Wildman–Crippen LogP) is 2.15. The fraction of sp³-hybridized carbons (Fsp3) is 0.889. The molecule has 0 aromatic rings. The van der Waals surface area contributed by atoms with Crippen molar-refractivity contribution in [3.8, 4) is 0 Å². The molecular weight excluding hydrogens is 324 g/mol. The van der Waals surface area contributed by atoms with Crippen LogP contribution >= 0.6 is 11.8 Å². The monoisotopic (exact) mass is 354 g/mol. The first-order valence-electron chi connectivity index (χ1n) is 9.48. The third-order valence-corrected chi connectivity index (χ3v) is 6.53. The Bertz CT molecular complexity index is 434. The lowest BCUT2D eigenvalue weighted by molar-refractivity contribution is -0.132. The lowest BCUT2D eigenvalue weighted by Gasteiger charge is -2.34. The average Bonchev–Trinajstić information content (AvgIpc) is 3.13. The van der Waals surface area contributed by atoms with E-state index < -0.39 is 0 Å². The zero-order chi connectivity index (χ0) is 16.8. The molecule has 136 valence electrons. The highest BCUT2D eigenvalue weighted by molar-refractivity contribution is 8.00. The summed E-state index contributed by atoms with van der Waals surface area (Å²) in [5.74, 6) is 1.95. The van der Waals surface area contributed by atoms with E-state index in [1.165, 1.54) is 50.3 Å². The van der Waals surface area contributed by atoms with E-state index in [2.05, 4.69) is 4.90 Å². The molecule has 0 radical (unpaired) electrons. The van der Waals surface area contributed by atoms with E-state index in [0.717, 1.165) is 13.0 Å². The Labute approximate surface area is 149 Å². The van der Waals surface area contributed by atoms with Gasteiger partial charge in [-0.05, 0) is 31.6 Å². The quantitative estimate of drug-likeness (QED) is 0.759. The third kappa shape index (κ3) is 4.66. The number of hydrogen-bond donors (Lipinski definition) is 0. The minimum atomic E-state index is 0.140. The van der Waals surface area contributed by atoms with E-state index in [4.69, 9.17) is 4.74 Å². The molecule has 0 N–H and O–H groups in total. The lowest BCUT2D eigenvalue weighted by atomic mass is 9.83. The molecule has 1 saturated carbocycles. The van der Waals surface area contributed by atoms with Gasteiger partial charge in [0.05, 0.1) is 24.7 Å². The van der Waals surface area contributed by atoms with E-state index in [9.17, 15) is 9.59 Å². The summed E-state index contributed by atoms with van der Waals surface area (Å²) in [6.07, 6.45) is 8.90. The number of hydrogen-bond acceptors (Lipinski definition) is 4. The van der Waals surface area contributed by atoms with E-state index in [-0.39, 0.29) is 11.8 Å². The number of rotatable bonds is 5. The molecule has 0 bridgehead atoms. The van der Waals surface area contributed by atoms with Gasteiger partial charge in [0.1, 0.15) is 0 Å². The Hall–Kier alpha value is -0.750. The van der Waals surface area contributed by atoms with Gasteiger partial charge in [0.2, 0.25) is 11.8 Å². The van der Waals surface area contributed by atoms with E-state index >= 15 is 0 Å². The van der Waals surface area contributed by atoms with Gasteiger partial charge in [-0.3, -0.25) is 9.59 Å². The van der Waals surface area contributed by atoms with E-state index in [1.807, 2.05) is 4.90 Å². The molecule has 6 heteroatoms. The van der Waals surface area contributed by atoms with Crippen LogP contribution in [0.1, 0.15) is 44.9 Å². The summed E-state index contributed by atoms with van der Waals surface area (Å²) >= 11 is 1.48. The molecule has 3 rings (SSSR count). The standard InChI is InChI=1S/C18H30N2O3S/c21-17(19-9-11-23-12-10-19)13-24-14-18(22)20-8-4-7-16(20)15-5-2-1-3-6-15/h15-16H,1-14H2. The Kier molecular flexibility index (Phi) is 6.84. The van der Waals surface area contributed by atoms with Crippen LogP contribution in [-0.4, -0.2) is 72.0 Å². The first-order chi connectivity index (χ1) is 11.8. The molecule has 0 aromatic heterocycles. The van der Waals surface area contributed by atoms with Crippen molar-refractivity contribution in [2.75, 3.05) is 44.4 Å². The van der Waals surface area contributed by atoms with Crippen molar-refractivity contribution >= 4 is 23.6 Å². The molecule has 2 saturated heterocycles. The van der Waals surface area contributed by atoms with Crippen molar-refractivity contribution in [3.05, 3.63) is 0 Å². The summed E-state index contributed by atoms with van der Waals surface area (Å²) in [5.41, 5.74) is 0. The summed E-state index contributed by atoms with van der Waals surface area (Å²) in [7, 11) is 0. The van der Waals surface area contributed by atoms with Crippen LogP contribution in [0.5, 0.6) is 0 Å². The number of likely N-dealkylation sites (tertiary alicyclic amines) is 1. The normalized spacial score (nSPS) is 25.9. The number of thioether (sulfide) groups is 1. The van der Waals surface area contributed by atoms with Crippen LogP contribution in [0.4, 0.5) is 0 Å². The van der Waals surface area contributed by atoms with Crippen LogP contribution in [0.3, 0.4) is 0 Å². The van der Waals surface area contributed by atoms with Gasteiger partial charge in [0, 0.05) is 25.7 Å². The van der Waals surface area contributed by atoms with Crippen LogP contribution in [-0.2, 0) is 14.3 Å². The van der Waals surface area contributed by atoms with Gasteiger partial charge in [-0.25, -0.2) is 0 Å². The maximum atomic E-state index is 12.6. The molecule has 2 amide bonds. The number of carbonyl (C=O) groups is 2. The van der Waals surface area contributed by atoms with Crippen LogP contribution < -0.4 is 0 Å². The van der Waals surface area contributed by atoms with Gasteiger partial charge < -0.3 is 14.5 Å². The molecule has 24 heavy (non-hydrogen) atoms. The number of nitrogens with zero attached hydrogens (tertiary/aromatic N) is 2. The van der Waals surface area contributed by atoms with Crippen LogP contribution in [0.2, 0.25) is 0 Å². The molecule has 1 unspecified atom stereocenters. The Morgan fingerprint density at radius 3 is 2.33 bits per heavy atom. The highest BCUT2D eigenvalue weighted by Crippen LogP contribution is 2.34. The molecule has 1 aliphatic carbocycles. The van der Waals surface area contributed by atoms with Crippen molar-refractivity contribution in [2.24, 2.45) is 5.92 Å². The molecule has 1 atom stereocenters. The highest BCUT2D eigenvalue weighted by atomic mass is 32.2. The number of carbonyl (C=O) groups excluding carboxylic acids is 2. The largest absolute Gasteiger partial charge is 0.378 e. The van der Waals surface area contributed by atoms with Crippen molar-refractivity contribution < 1.29 is 14.3 Å². The first-order valence-corrected chi connectivity index (χ1v) is 10.6. The summed E-state index contributed by atoms with van der Waals surface area (Å²) in [4.78, 5) is 28.7.